The molecule has 7 heteroatoms. The van der Waals surface area contributed by atoms with E-state index in [0.29, 0.717) is 13.2 Å². The van der Waals surface area contributed by atoms with Crippen molar-refractivity contribution in [3.8, 4) is 0 Å². The summed E-state index contributed by atoms with van der Waals surface area (Å²) >= 11 is 0. The van der Waals surface area contributed by atoms with Crippen LogP contribution in [0.3, 0.4) is 0 Å². The number of carboxylic acids is 1. The lowest BCUT2D eigenvalue weighted by Crippen LogP contribution is -2.48. The molecule has 1 heterocycles. The van der Waals surface area contributed by atoms with Crippen molar-refractivity contribution >= 4 is 12.0 Å². The Kier molecular flexibility index (Phi) is 5.87. The Morgan fingerprint density at radius 1 is 1.50 bits per heavy atom. The first-order valence-electron chi connectivity index (χ1n) is 5.90. The molecule has 0 aromatic carbocycles. The molecule has 1 atom stereocenters. The maximum atomic E-state index is 11.8. The Hall–Kier alpha value is -1.34. The number of hydrogen-bond acceptors (Lipinski definition) is 4. The van der Waals surface area contributed by atoms with Crippen molar-refractivity contribution in [1.29, 1.82) is 0 Å². The zero-order valence-electron chi connectivity index (χ0n) is 10.7. The predicted molar refractivity (Wildman–Crippen MR) is 63.4 cm³/mol. The fraction of sp³-hybridized carbons (Fsp3) is 0.818. The van der Waals surface area contributed by atoms with Gasteiger partial charge in [-0.3, -0.25) is 0 Å². The van der Waals surface area contributed by atoms with Crippen LogP contribution in [-0.2, 0) is 14.3 Å². The number of ether oxygens (including phenoxy) is 2. The maximum Gasteiger partial charge on any atom is 0.334 e. The Morgan fingerprint density at radius 3 is 2.61 bits per heavy atom. The molecule has 0 saturated carbocycles. The SMILES string of the molecule is COC(CNC(=O)N(C)C1CCOCC1)C(=O)O. The molecular formula is C11H20N2O5. The van der Waals surface area contributed by atoms with Gasteiger partial charge in [0.05, 0.1) is 6.54 Å². The molecule has 2 amide bonds. The van der Waals surface area contributed by atoms with E-state index in [4.69, 9.17) is 14.6 Å². The largest absolute Gasteiger partial charge is 0.479 e. The van der Waals surface area contributed by atoms with Gasteiger partial charge in [-0.1, -0.05) is 0 Å². The Morgan fingerprint density at radius 2 is 2.11 bits per heavy atom. The first-order valence-corrected chi connectivity index (χ1v) is 5.90. The number of methoxy groups -OCH3 is 1. The average Bonchev–Trinajstić information content (AvgIpc) is 2.39. The van der Waals surface area contributed by atoms with Crippen molar-refractivity contribution < 1.29 is 24.2 Å². The number of urea groups is 1. The number of carbonyl (C=O) groups excluding carboxylic acids is 1. The van der Waals surface area contributed by atoms with Crippen LogP contribution in [-0.4, -0.2) is 68.1 Å². The Labute approximate surface area is 106 Å². The monoisotopic (exact) mass is 260 g/mol. The van der Waals surface area contributed by atoms with Crippen LogP contribution in [0.5, 0.6) is 0 Å². The second kappa shape index (κ2) is 7.17. The highest BCUT2D eigenvalue weighted by atomic mass is 16.5. The van der Waals surface area contributed by atoms with Crippen LogP contribution in [0.2, 0.25) is 0 Å². The molecule has 18 heavy (non-hydrogen) atoms. The molecule has 0 bridgehead atoms. The molecule has 104 valence electrons. The van der Waals surface area contributed by atoms with Gasteiger partial charge in [-0.15, -0.1) is 0 Å². The smallest absolute Gasteiger partial charge is 0.334 e. The summed E-state index contributed by atoms with van der Waals surface area (Å²) in [7, 11) is 3.00. The third kappa shape index (κ3) is 4.15. The number of rotatable bonds is 5. The number of carbonyl (C=O) groups is 2. The van der Waals surface area contributed by atoms with Gasteiger partial charge in [-0.25, -0.2) is 9.59 Å². The molecular weight excluding hydrogens is 240 g/mol. The molecule has 7 nitrogen and oxygen atoms in total. The lowest BCUT2D eigenvalue weighted by Gasteiger charge is -2.31. The minimum atomic E-state index is -1.09. The van der Waals surface area contributed by atoms with Gasteiger partial charge in [0.15, 0.2) is 6.10 Å². The quantitative estimate of drug-likeness (QED) is 0.721. The summed E-state index contributed by atoms with van der Waals surface area (Å²) in [4.78, 5) is 24.1. The van der Waals surface area contributed by atoms with Gasteiger partial charge < -0.3 is 24.8 Å². The molecule has 1 aliphatic rings. The van der Waals surface area contributed by atoms with Gasteiger partial charge in [0.1, 0.15) is 0 Å². The summed E-state index contributed by atoms with van der Waals surface area (Å²) in [5.41, 5.74) is 0. The number of nitrogens with one attached hydrogen (secondary N) is 1. The average molecular weight is 260 g/mol. The van der Waals surface area contributed by atoms with Crippen LogP contribution in [0.15, 0.2) is 0 Å². The molecule has 2 N–H and O–H groups in total. The highest BCUT2D eigenvalue weighted by Crippen LogP contribution is 2.12. The molecule has 0 radical (unpaired) electrons. The van der Waals surface area contributed by atoms with Crippen molar-refractivity contribution in [3.05, 3.63) is 0 Å². The summed E-state index contributed by atoms with van der Waals surface area (Å²) in [6.45, 7) is 1.26. The van der Waals surface area contributed by atoms with Gasteiger partial charge in [0.25, 0.3) is 0 Å². The lowest BCUT2D eigenvalue weighted by atomic mass is 10.1. The van der Waals surface area contributed by atoms with E-state index in [1.165, 1.54) is 7.11 Å². The zero-order valence-corrected chi connectivity index (χ0v) is 10.7. The van der Waals surface area contributed by atoms with E-state index < -0.39 is 12.1 Å². The fourth-order valence-electron chi connectivity index (χ4n) is 1.81. The van der Waals surface area contributed by atoms with Crippen LogP contribution in [0.25, 0.3) is 0 Å². The highest BCUT2D eigenvalue weighted by molar-refractivity contribution is 5.77. The number of aliphatic carboxylic acids is 1. The van der Waals surface area contributed by atoms with E-state index in [9.17, 15) is 9.59 Å². The molecule has 1 saturated heterocycles. The summed E-state index contributed by atoms with van der Waals surface area (Å²) < 4.78 is 9.96. The van der Waals surface area contributed by atoms with E-state index in [1.807, 2.05) is 0 Å². The molecule has 0 spiro atoms. The topological polar surface area (TPSA) is 88.1 Å². The van der Waals surface area contributed by atoms with Crippen LogP contribution in [0.1, 0.15) is 12.8 Å². The molecule has 1 rings (SSSR count). The summed E-state index contributed by atoms with van der Waals surface area (Å²) in [6.07, 6.45) is 0.588. The van der Waals surface area contributed by atoms with E-state index in [1.54, 1.807) is 11.9 Å². The second-order valence-electron chi connectivity index (χ2n) is 4.20. The molecule has 1 fully saturated rings. The molecule has 0 aromatic heterocycles. The Balaban J connectivity index is 2.37. The van der Waals surface area contributed by atoms with Crippen LogP contribution in [0.4, 0.5) is 4.79 Å². The normalized spacial score (nSPS) is 18.1. The van der Waals surface area contributed by atoms with Crippen LogP contribution >= 0.6 is 0 Å². The van der Waals surface area contributed by atoms with E-state index in [0.717, 1.165) is 12.8 Å². The molecule has 0 aliphatic carbocycles. The molecule has 1 unspecified atom stereocenters. The number of amides is 2. The number of nitrogens with zero attached hydrogens (tertiary/aromatic N) is 1. The van der Waals surface area contributed by atoms with Crippen molar-refractivity contribution in [3.63, 3.8) is 0 Å². The van der Waals surface area contributed by atoms with Crippen molar-refractivity contribution in [2.24, 2.45) is 0 Å². The standard InChI is InChI=1S/C11H20N2O5/c1-13(8-3-5-18-6-4-8)11(16)12-7-9(17-2)10(14)15/h8-9H,3-7H2,1-2H3,(H,12,16)(H,14,15). The summed E-state index contributed by atoms with van der Waals surface area (Å²) in [5, 5.41) is 11.3. The van der Waals surface area contributed by atoms with E-state index in [-0.39, 0.29) is 18.6 Å². The number of hydrogen-bond donors (Lipinski definition) is 2. The van der Waals surface area contributed by atoms with Crippen LogP contribution in [0, 0.1) is 0 Å². The zero-order chi connectivity index (χ0) is 13.5. The van der Waals surface area contributed by atoms with E-state index >= 15 is 0 Å². The third-order valence-corrected chi connectivity index (χ3v) is 3.06. The first kappa shape index (κ1) is 14.7. The van der Waals surface area contributed by atoms with Gasteiger partial charge in [-0.05, 0) is 12.8 Å². The lowest BCUT2D eigenvalue weighted by molar-refractivity contribution is -0.148. The van der Waals surface area contributed by atoms with Gasteiger partial charge in [0.2, 0.25) is 0 Å². The fourth-order valence-corrected chi connectivity index (χ4v) is 1.81. The van der Waals surface area contributed by atoms with Crippen molar-refractivity contribution in [2.45, 2.75) is 25.0 Å². The first-order chi connectivity index (χ1) is 8.56. The van der Waals surface area contributed by atoms with Crippen molar-refractivity contribution in [1.82, 2.24) is 10.2 Å². The summed E-state index contributed by atoms with van der Waals surface area (Å²) in [5.74, 6) is -1.09. The van der Waals surface area contributed by atoms with Gasteiger partial charge in [-0.2, -0.15) is 0 Å². The minimum Gasteiger partial charge on any atom is -0.479 e. The molecule has 0 aromatic rings. The van der Waals surface area contributed by atoms with Crippen molar-refractivity contribution in [2.75, 3.05) is 33.9 Å². The van der Waals surface area contributed by atoms with Gasteiger partial charge >= 0.3 is 12.0 Å². The number of carboxylic acid groups (broad SMARTS) is 1. The Bertz CT molecular complexity index is 291. The predicted octanol–water partition coefficient (Wildman–Crippen LogP) is -0.0936. The maximum absolute atomic E-state index is 11.8. The minimum absolute atomic E-state index is 0.0434. The third-order valence-electron chi connectivity index (χ3n) is 3.06. The highest BCUT2D eigenvalue weighted by Gasteiger charge is 2.24. The summed E-state index contributed by atoms with van der Waals surface area (Å²) in [6, 6.07) is -0.144. The second-order valence-corrected chi connectivity index (χ2v) is 4.20. The van der Waals surface area contributed by atoms with Crippen LogP contribution < -0.4 is 5.32 Å². The van der Waals surface area contributed by atoms with Gasteiger partial charge in [0, 0.05) is 33.4 Å². The molecule has 1 aliphatic heterocycles. The van der Waals surface area contributed by atoms with E-state index in [2.05, 4.69) is 5.32 Å².